The largest absolute Gasteiger partial charge is 0.409 e. The summed E-state index contributed by atoms with van der Waals surface area (Å²) >= 11 is 52.8. The molecular weight excluding hydrogens is 1450 g/mol. The van der Waals surface area contributed by atoms with Crippen LogP contribution in [0.2, 0.25) is 62.9 Å². The summed E-state index contributed by atoms with van der Waals surface area (Å²) in [5, 5.41) is 4.75. The van der Waals surface area contributed by atoms with E-state index in [1.807, 2.05) is 194 Å². The summed E-state index contributed by atoms with van der Waals surface area (Å²) < 4.78 is 68.6. The molecule has 6 saturated heterocycles. The van der Waals surface area contributed by atoms with Crippen molar-refractivity contribution in [2.45, 2.75) is 22.7 Å². The van der Waals surface area contributed by atoms with Crippen LogP contribution in [-0.2, 0) is 32.9 Å². The first-order chi connectivity index (χ1) is 44.3. The minimum atomic E-state index is -4.19. The molecule has 8 nitrogen and oxygen atoms in total. The highest BCUT2D eigenvalue weighted by atomic mass is 35.5. The lowest BCUT2D eigenvalue weighted by Gasteiger charge is -2.63. The fourth-order valence-electron chi connectivity index (χ4n) is 11.8. The van der Waals surface area contributed by atoms with Crippen LogP contribution >= 0.6 is 92.8 Å². The molecule has 8 bridgehead atoms. The molecule has 8 aromatic carbocycles. The van der Waals surface area contributed by atoms with Gasteiger partial charge in [-0.1, -0.05) is 238 Å². The predicted molar refractivity (Wildman–Crippen MR) is 398 cm³/mol. The van der Waals surface area contributed by atoms with E-state index in [4.69, 9.17) is 126 Å². The Hall–Kier alpha value is -4.58. The Labute approximate surface area is 584 Å². The van der Waals surface area contributed by atoms with Crippen molar-refractivity contribution in [1.29, 1.82) is 0 Å². The van der Waals surface area contributed by atoms with Crippen LogP contribution in [0.1, 0.15) is 44.5 Å². The minimum absolute atomic E-state index is 0.162. The van der Waals surface area contributed by atoms with Gasteiger partial charge in [-0.05, 0) is 187 Å². The molecule has 0 N–H and O–H groups in total. The van der Waals surface area contributed by atoms with Crippen LogP contribution in [0.15, 0.2) is 240 Å². The van der Waals surface area contributed by atoms with E-state index in [1.54, 1.807) is 0 Å². The third kappa shape index (κ3) is 15.9. The monoisotopic (exact) mass is 1500 g/mol. The van der Waals surface area contributed by atoms with Gasteiger partial charge in [0.05, 0.1) is 0 Å². The quantitative estimate of drug-likeness (QED) is 0.0886. The Morgan fingerprint density at radius 2 is 0.272 bits per heavy atom. The molecule has 92 heavy (non-hydrogen) atoms. The van der Waals surface area contributed by atoms with Crippen molar-refractivity contribution in [3.8, 4) is 0 Å². The number of rotatable bonds is 16. The molecule has 6 heterocycles. The summed E-state index contributed by atoms with van der Waals surface area (Å²) in [7, 11) is -33.5. The summed E-state index contributed by atoms with van der Waals surface area (Å²) in [6.45, 7) is 0. The molecule has 8 aromatic rings. The molecule has 0 aromatic heterocycles. The highest BCUT2D eigenvalue weighted by Crippen LogP contribution is 2.56. The van der Waals surface area contributed by atoms with Crippen molar-refractivity contribution < 1.29 is 32.9 Å². The average Bonchev–Trinajstić information content (AvgIpc) is 0.687. The Bertz CT molecular complexity index is 3350. The number of halogens is 8. The van der Waals surface area contributed by atoms with Crippen LogP contribution < -0.4 is 0 Å². The van der Waals surface area contributed by atoms with Crippen LogP contribution in [0.25, 0.3) is 48.6 Å². The second-order valence-electron chi connectivity index (χ2n) is 23.1. The standard InChI is InChI=1S/C68H56Cl8O8Si8/c69-61-17-1-53(2-18-61)33-41-85-49-86(42-34-54-3-19-62(70)20-4-54)78-89(45-37-57-9-25-65(73)26-10-57)50-87(77-85,43-35-55-5-21-63(71)22-6-55)83-90(46-38-58-11-27-66(74)28-12-58)51-88(81-85,44-36-56-7-23-64(72)24-8-56)79-91(82-86,47-39-59-13-29-67(75)30-14-59)52-92(80-90,84-89)48-40-60-15-31-68(76)32-16-60/h1-48H,49-52H2/b41-33-,42-34+,43-35+,44-36+,45-37+,46-38+,47-39+,48-40-. The molecule has 0 aliphatic carbocycles. The van der Waals surface area contributed by atoms with Crippen LogP contribution in [0.5, 0.6) is 0 Å². The van der Waals surface area contributed by atoms with E-state index in [2.05, 4.69) is 94.2 Å². The van der Waals surface area contributed by atoms with Crippen molar-refractivity contribution in [2.75, 3.05) is 0 Å². The van der Waals surface area contributed by atoms with E-state index in [-0.39, 0.29) is 22.7 Å². The Morgan fingerprint density at radius 1 is 0.174 bits per heavy atom. The second kappa shape index (κ2) is 27.5. The summed E-state index contributed by atoms with van der Waals surface area (Å²) in [5.74, 6) is 0. The molecule has 14 rings (SSSR count). The third-order valence-corrected chi connectivity index (χ3v) is 61.2. The predicted octanol–water partition coefficient (Wildman–Crippen LogP) is 21.1. The topological polar surface area (TPSA) is 73.8 Å². The van der Waals surface area contributed by atoms with Gasteiger partial charge in [-0.25, -0.2) is 0 Å². The van der Waals surface area contributed by atoms with Gasteiger partial charge >= 0.3 is 68.5 Å². The lowest BCUT2D eigenvalue weighted by Crippen LogP contribution is -2.83. The van der Waals surface area contributed by atoms with E-state index in [9.17, 15) is 0 Å². The number of hydrogen-bond acceptors (Lipinski definition) is 8. The van der Waals surface area contributed by atoms with E-state index >= 15 is 0 Å². The lowest BCUT2D eigenvalue weighted by molar-refractivity contribution is 0.192. The van der Waals surface area contributed by atoms with Gasteiger partial charge in [0.25, 0.3) is 0 Å². The van der Waals surface area contributed by atoms with Gasteiger partial charge in [0.15, 0.2) is 0 Å². The summed E-state index contributed by atoms with van der Waals surface area (Å²) in [6, 6.07) is 61.5. The Morgan fingerprint density at radius 3 is 0.370 bits per heavy atom. The maximum atomic E-state index is 8.59. The summed E-state index contributed by atoms with van der Waals surface area (Å²) in [4.78, 5) is 0. The molecule has 0 radical (unpaired) electrons. The molecule has 464 valence electrons. The van der Waals surface area contributed by atoms with Crippen molar-refractivity contribution in [2.24, 2.45) is 0 Å². The molecule has 8 unspecified atom stereocenters. The lowest BCUT2D eigenvalue weighted by atomic mass is 10.2. The van der Waals surface area contributed by atoms with Gasteiger partial charge in [-0.3, -0.25) is 0 Å². The zero-order valence-electron chi connectivity index (χ0n) is 48.8. The highest BCUT2D eigenvalue weighted by Gasteiger charge is 2.77. The Kier molecular flexibility index (Phi) is 19.7. The van der Waals surface area contributed by atoms with E-state index in [1.165, 1.54) is 0 Å². The maximum absolute atomic E-state index is 8.59. The van der Waals surface area contributed by atoms with Gasteiger partial charge in [0, 0.05) is 62.9 Å². The second-order valence-corrected chi connectivity index (χ2v) is 54.4. The first kappa shape index (κ1) is 66.0. The first-order valence-corrected chi connectivity index (χ1v) is 49.3. The molecule has 6 fully saturated rings. The van der Waals surface area contributed by atoms with Crippen molar-refractivity contribution in [3.05, 3.63) is 324 Å². The van der Waals surface area contributed by atoms with Gasteiger partial charge < -0.3 is 32.9 Å². The van der Waals surface area contributed by atoms with Crippen LogP contribution in [0.3, 0.4) is 0 Å². The Balaban J connectivity index is 1.17. The van der Waals surface area contributed by atoms with E-state index in [0.29, 0.717) is 40.2 Å². The molecule has 0 amide bonds. The maximum Gasteiger partial charge on any atom is 0.350 e. The minimum Gasteiger partial charge on any atom is -0.409 e. The molecular formula is C68H56Cl8O8Si8. The summed E-state index contributed by atoms with van der Waals surface area (Å²) in [5.41, 5.74) is 24.6. The molecule has 0 spiro atoms. The smallest absolute Gasteiger partial charge is 0.350 e. The zero-order chi connectivity index (χ0) is 63.7. The first-order valence-electron chi connectivity index (χ1n) is 29.5. The van der Waals surface area contributed by atoms with Crippen molar-refractivity contribution >= 4 is 210 Å². The molecule has 8 atom stereocenters. The van der Waals surface area contributed by atoms with Crippen molar-refractivity contribution in [1.82, 2.24) is 0 Å². The fourth-order valence-corrected chi connectivity index (χ4v) is 73.6. The molecule has 0 saturated carbocycles. The summed E-state index contributed by atoms with van der Waals surface area (Å²) in [6.07, 6.45) is 16.5. The SMILES string of the molecule is Clc1ccc(/C=C\[Si]23C[Si]4(/C=C/c5ccc(Cl)cc5)O[Si]5(/C=C/c6ccc(Cl)cc6)C[Si](/C=C/c6ccc(Cl)cc6)(O2)O[Si]2(/C=C/c6ccc(Cl)cc6)C[Si](/C=C/c6ccc(Cl)cc6)(O3)O[Si](/C=C/c3ccc(Cl)cc3)(C[Si](/C=C\c3ccc(Cl)cc3)(O2)O5)O4)cc1. The van der Waals surface area contributed by atoms with Crippen molar-refractivity contribution in [3.63, 3.8) is 0 Å². The molecule has 6 aliphatic heterocycles. The van der Waals surface area contributed by atoms with Gasteiger partial charge in [-0.15, -0.1) is 0 Å². The highest BCUT2D eigenvalue weighted by molar-refractivity contribution is 7.17. The number of benzene rings is 8. The normalized spacial score (nSPS) is 28.8. The molecule has 6 aliphatic rings. The van der Waals surface area contributed by atoms with Gasteiger partial charge in [0.1, 0.15) is 0 Å². The van der Waals surface area contributed by atoms with E-state index < -0.39 is 68.5 Å². The van der Waals surface area contributed by atoms with Gasteiger partial charge in [-0.2, -0.15) is 0 Å². The van der Waals surface area contributed by atoms with Crippen LogP contribution in [0, 0.1) is 0 Å². The van der Waals surface area contributed by atoms with Crippen LogP contribution in [-0.4, -0.2) is 68.5 Å². The number of hydrogen-bond donors (Lipinski definition) is 0. The average molecular weight is 1510 g/mol. The molecule has 24 heteroatoms. The van der Waals surface area contributed by atoms with Crippen LogP contribution in [0.4, 0.5) is 0 Å². The van der Waals surface area contributed by atoms with Gasteiger partial charge in [0.2, 0.25) is 0 Å². The zero-order valence-corrected chi connectivity index (χ0v) is 62.9. The fraction of sp³-hybridized carbons (Fsp3) is 0.0588. The third-order valence-electron chi connectivity index (χ3n) is 15.9. The van der Waals surface area contributed by atoms with E-state index in [0.717, 1.165) is 44.5 Å².